The zero-order chi connectivity index (χ0) is 22.0. The standard InChI is InChI=1S/C20H19Cl2N3O5/c1-23(10-12-7-15(25(28)29)4-5-16(12)22)20(27)13-8-19(26)24(11-13)17-9-14(21)3-6-18(17)30-2/h3-7,9,13H,8,10-11H2,1-2H3. The van der Waals surface area contributed by atoms with Gasteiger partial charge in [-0.05, 0) is 29.8 Å². The first-order chi connectivity index (χ1) is 14.2. The lowest BCUT2D eigenvalue weighted by Gasteiger charge is -2.23. The van der Waals surface area contributed by atoms with Crippen LogP contribution in [0.1, 0.15) is 12.0 Å². The molecule has 0 N–H and O–H groups in total. The molecule has 1 aliphatic heterocycles. The van der Waals surface area contributed by atoms with E-state index in [0.717, 1.165) is 0 Å². The monoisotopic (exact) mass is 451 g/mol. The van der Waals surface area contributed by atoms with Gasteiger partial charge in [0.1, 0.15) is 5.75 Å². The van der Waals surface area contributed by atoms with E-state index in [1.54, 1.807) is 25.2 Å². The number of rotatable bonds is 6. The molecule has 2 aromatic rings. The van der Waals surface area contributed by atoms with Crippen molar-refractivity contribution < 1.29 is 19.2 Å². The summed E-state index contributed by atoms with van der Waals surface area (Å²) in [5, 5.41) is 11.8. The predicted octanol–water partition coefficient (Wildman–Crippen LogP) is 3.92. The van der Waals surface area contributed by atoms with Crippen molar-refractivity contribution in [1.82, 2.24) is 4.90 Å². The zero-order valence-corrected chi connectivity index (χ0v) is 17.8. The Hall–Kier alpha value is -2.84. The van der Waals surface area contributed by atoms with Crippen molar-refractivity contribution in [3.05, 3.63) is 62.1 Å². The van der Waals surface area contributed by atoms with Gasteiger partial charge in [0.2, 0.25) is 11.8 Å². The Bertz CT molecular complexity index is 1010. The lowest BCUT2D eigenvalue weighted by atomic mass is 10.1. The second-order valence-electron chi connectivity index (χ2n) is 6.95. The number of carbonyl (C=O) groups excluding carboxylic acids is 2. The minimum absolute atomic E-state index is 0.0432. The maximum atomic E-state index is 12.9. The van der Waals surface area contributed by atoms with Gasteiger partial charge < -0.3 is 14.5 Å². The maximum Gasteiger partial charge on any atom is 0.269 e. The fourth-order valence-corrected chi connectivity index (χ4v) is 3.76. The summed E-state index contributed by atoms with van der Waals surface area (Å²) in [6.07, 6.45) is 0.0432. The third-order valence-electron chi connectivity index (χ3n) is 4.93. The normalized spacial score (nSPS) is 15.9. The molecule has 1 fully saturated rings. The molecule has 1 unspecified atom stereocenters. The Morgan fingerprint density at radius 1 is 1.30 bits per heavy atom. The number of anilines is 1. The number of nitro groups is 1. The smallest absolute Gasteiger partial charge is 0.269 e. The van der Waals surface area contributed by atoms with Crippen LogP contribution in [0.4, 0.5) is 11.4 Å². The molecule has 10 heteroatoms. The van der Waals surface area contributed by atoms with Crippen LogP contribution in [-0.4, -0.2) is 42.3 Å². The van der Waals surface area contributed by atoms with E-state index in [9.17, 15) is 19.7 Å². The minimum atomic E-state index is -0.566. The van der Waals surface area contributed by atoms with Crippen LogP contribution in [0.15, 0.2) is 36.4 Å². The summed E-state index contributed by atoms with van der Waals surface area (Å²) in [5.74, 6) is -0.550. The average molecular weight is 452 g/mol. The molecular formula is C20H19Cl2N3O5. The van der Waals surface area contributed by atoms with Gasteiger partial charge in [0.15, 0.2) is 0 Å². The molecule has 0 aromatic heterocycles. The summed E-state index contributed by atoms with van der Waals surface area (Å²) in [6.45, 7) is 0.270. The molecule has 3 rings (SSSR count). The highest BCUT2D eigenvalue weighted by molar-refractivity contribution is 6.31. The minimum Gasteiger partial charge on any atom is -0.495 e. The van der Waals surface area contributed by atoms with Crippen molar-refractivity contribution in [3.8, 4) is 5.75 Å². The first-order valence-electron chi connectivity index (χ1n) is 9.03. The van der Waals surface area contributed by atoms with Gasteiger partial charge in [0, 0.05) is 48.7 Å². The Labute approximate surface area is 183 Å². The molecule has 30 heavy (non-hydrogen) atoms. The maximum absolute atomic E-state index is 12.9. The highest BCUT2D eigenvalue weighted by Gasteiger charge is 2.37. The van der Waals surface area contributed by atoms with Crippen LogP contribution in [-0.2, 0) is 16.1 Å². The zero-order valence-electron chi connectivity index (χ0n) is 16.3. The number of ether oxygens (including phenoxy) is 1. The van der Waals surface area contributed by atoms with Crippen LogP contribution in [0.3, 0.4) is 0 Å². The van der Waals surface area contributed by atoms with Crippen molar-refractivity contribution in [2.24, 2.45) is 5.92 Å². The Balaban J connectivity index is 1.75. The van der Waals surface area contributed by atoms with Gasteiger partial charge in [0.05, 0.1) is 23.6 Å². The van der Waals surface area contributed by atoms with Crippen molar-refractivity contribution >= 4 is 46.4 Å². The number of hydrogen-bond acceptors (Lipinski definition) is 5. The Morgan fingerprint density at radius 3 is 2.70 bits per heavy atom. The molecule has 1 aliphatic rings. The number of amides is 2. The lowest BCUT2D eigenvalue weighted by molar-refractivity contribution is -0.384. The van der Waals surface area contributed by atoms with Crippen LogP contribution >= 0.6 is 23.2 Å². The molecule has 1 heterocycles. The quantitative estimate of drug-likeness (QED) is 0.489. The number of benzene rings is 2. The number of non-ortho nitro benzene ring substituents is 1. The molecule has 8 nitrogen and oxygen atoms in total. The molecule has 2 aromatic carbocycles. The number of hydrogen-bond donors (Lipinski definition) is 0. The summed E-state index contributed by atoms with van der Waals surface area (Å²) in [6, 6.07) is 9.02. The van der Waals surface area contributed by atoms with Crippen molar-refractivity contribution in [3.63, 3.8) is 0 Å². The SMILES string of the molecule is COc1ccc(Cl)cc1N1CC(C(=O)N(C)Cc2cc([N+](=O)[O-])ccc2Cl)CC1=O. The van der Waals surface area contributed by atoms with Crippen LogP contribution in [0.25, 0.3) is 0 Å². The number of methoxy groups -OCH3 is 1. The molecule has 158 valence electrons. The summed E-state index contributed by atoms with van der Waals surface area (Å²) >= 11 is 12.2. The Kier molecular flexibility index (Phi) is 6.48. The molecule has 0 aliphatic carbocycles. The molecule has 0 radical (unpaired) electrons. The summed E-state index contributed by atoms with van der Waals surface area (Å²) in [5.41, 5.74) is 0.861. The number of halogens is 2. The third kappa shape index (κ3) is 4.49. The van der Waals surface area contributed by atoms with Gasteiger partial charge in [-0.15, -0.1) is 0 Å². The van der Waals surface area contributed by atoms with E-state index in [4.69, 9.17) is 27.9 Å². The van der Waals surface area contributed by atoms with Crippen LogP contribution in [0.5, 0.6) is 5.75 Å². The molecule has 0 saturated carbocycles. The molecule has 0 spiro atoms. The van der Waals surface area contributed by atoms with Crippen molar-refractivity contribution in [2.75, 3.05) is 25.6 Å². The lowest BCUT2D eigenvalue weighted by Crippen LogP contribution is -2.34. The highest BCUT2D eigenvalue weighted by Crippen LogP contribution is 2.35. The Morgan fingerprint density at radius 2 is 2.03 bits per heavy atom. The van der Waals surface area contributed by atoms with Crippen molar-refractivity contribution in [2.45, 2.75) is 13.0 Å². The first kappa shape index (κ1) is 21.9. The largest absolute Gasteiger partial charge is 0.495 e. The summed E-state index contributed by atoms with van der Waals surface area (Å²) in [4.78, 5) is 38.9. The van der Waals surface area contributed by atoms with Gasteiger partial charge in [-0.3, -0.25) is 19.7 Å². The second-order valence-corrected chi connectivity index (χ2v) is 7.79. The van der Waals surface area contributed by atoms with Crippen LogP contribution < -0.4 is 9.64 Å². The van der Waals surface area contributed by atoms with Crippen LogP contribution in [0, 0.1) is 16.0 Å². The third-order valence-corrected chi connectivity index (χ3v) is 5.53. The van der Waals surface area contributed by atoms with Gasteiger partial charge in [-0.25, -0.2) is 0 Å². The topological polar surface area (TPSA) is 93.0 Å². The number of nitro benzene ring substituents is 1. The number of carbonyl (C=O) groups is 2. The van der Waals surface area contributed by atoms with E-state index in [0.29, 0.717) is 27.0 Å². The van der Waals surface area contributed by atoms with Gasteiger partial charge in [-0.1, -0.05) is 23.2 Å². The van der Waals surface area contributed by atoms with E-state index >= 15 is 0 Å². The second kappa shape index (κ2) is 8.89. The summed E-state index contributed by atoms with van der Waals surface area (Å²) in [7, 11) is 3.07. The van der Waals surface area contributed by atoms with E-state index < -0.39 is 10.8 Å². The molecule has 1 atom stereocenters. The van der Waals surface area contributed by atoms with Crippen LogP contribution in [0.2, 0.25) is 10.0 Å². The fraction of sp³-hybridized carbons (Fsp3) is 0.300. The fourth-order valence-electron chi connectivity index (χ4n) is 3.42. The van der Waals surface area contributed by atoms with E-state index in [-0.39, 0.29) is 37.0 Å². The molecule has 1 saturated heterocycles. The van der Waals surface area contributed by atoms with Gasteiger partial charge in [-0.2, -0.15) is 0 Å². The van der Waals surface area contributed by atoms with E-state index in [1.807, 2.05) is 0 Å². The van der Waals surface area contributed by atoms with Gasteiger partial charge >= 0.3 is 0 Å². The van der Waals surface area contributed by atoms with Crippen molar-refractivity contribution in [1.29, 1.82) is 0 Å². The highest BCUT2D eigenvalue weighted by atomic mass is 35.5. The van der Waals surface area contributed by atoms with E-state index in [2.05, 4.69) is 0 Å². The summed E-state index contributed by atoms with van der Waals surface area (Å²) < 4.78 is 5.31. The van der Waals surface area contributed by atoms with Gasteiger partial charge in [0.25, 0.3) is 5.69 Å². The average Bonchev–Trinajstić information content (AvgIpc) is 3.10. The molecular weight excluding hydrogens is 433 g/mol. The predicted molar refractivity (Wildman–Crippen MR) is 113 cm³/mol. The number of nitrogens with zero attached hydrogens (tertiary/aromatic N) is 3. The van der Waals surface area contributed by atoms with E-state index in [1.165, 1.54) is 35.1 Å². The molecule has 0 bridgehead atoms. The molecule has 2 amide bonds. The first-order valence-corrected chi connectivity index (χ1v) is 9.78.